The van der Waals surface area contributed by atoms with Crippen molar-refractivity contribution in [2.75, 3.05) is 0 Å². The quantitative estimate of drug-likeness (QED) is 0.454. The highest BCUT2D eigenvalue weighted by Gasteiger charge is 1.99. The maximum Gasteiger partial charge on any atom is 0.305 e. The lowest BCUT2D eigenvalue weighted by atomic mass is 10.4. The lowest BCUT2D eigenvalue weighted by Gasteiger charge is -1.94. The maximum absolute atomic E-state index is 9.68. The zero-order valence-corrected chi connectivity index (χ0v) is 7.97. The van der Waals surface area contributed by atoms with Crippen molar-refractivity contribution in [2.45, 2.75) is 38.5 Å². The summed E-state index contributed by atoms with van der Waals surface area (Å²) in [6.07, 6.45) is 2.56. The van der Waals surface area contributed by atoms with Crippen molar-refractivity contribution in [3.63, 3.8) is 0 Å². The number of carbonyl (C=O) groups is 1. The van der Waals surface area contributed by atoms with Gasteiger partial charge in [0.05, 0.1) is 11.8 Å². The highest BCUT2D eigenvalue weighted by atomic mass is 32.1. The van der Waals surface area contributed by atoms with E-state index in [4.69, 9.17) is 10.8 Å². The molecule has 1 atom stereocenters. The Kier molecular flexibility index (Phi) is 11.9. The molecule has 0 bridgehead atoms. The van der Waals surface area contributed by atoms with Gasteiger partial charge in [-0.2, -0.15) is 12.6 Å². The molecule has 3 N–H and O–H groups in total. The van der Waals surface area contributed by atoms with Gasteiger partial charge in [0.1, 0.15) is 0 Å². The highest BCUT2D eigenvalue weighted by Crippen LogP contribution is 1.89. The Labute approximate surface area is 73.4 Å². The van der Waals surface area contributed by atoms with Gasteiger partial charge in [0.2, 0.25) is 0 Å². The standard InChI is InChI=1S/C4H10.C3H7NO2S/c1-3-4-2;4-2(7)1-3(5)6/h3-4H2,1-2H3;2,7H,1,4H2,(H,5,6). The molecule has 68 valence electrons. The van der Waals surface area contributed by atoms with Gasteiger partial charge in [-0.05, 0) is 0 Å². The van der Waals surface area contributed by atoms with Crippen molar-refractivity contribution in [3.05, 3.63) is 0 Å². The highest BCUT2D eigenvalue weighted by molar-refractivity contribution is 7.80. The number of aliphatic carboxylic acids is 1. The number of rotatable bonds is 3. The number of thiol groups is 1. The van der Waals surface area contributed by atoms with Gasteiger partial charge >= 0.3 is 5.97 Å². The Hall–Kier alpha value is -0.220. The summed E-state index contributed by atoms with van der Waals surface area (Å²) < 4.78 is 0. The van der Waals surface area contributed by atoms with Gasteiger partial charge < -0.3 is 10.8 Å². The second-order valence-electron chi connectivity index (χ2n) is 2.17. The number of carboxylic acid groups (broad SMARTS) is 1. The van der Waals surface area contributed by atoms with Gasteiger partial charge in [-0.25, -0.2) is 0 Å². The fourth-order valence-corrected chi connectivity index (χ4v) is 0.335. The Balaban J connectivity index is 0. The summed E-state index contributed by atoms with van der Waals surface area (Å²) in [6.45, 7) is 4.36. The SMILES string of the molecule is CCCC.NC(S)CC(=O)O. The molecule has 4 heteroatoms. The average Bonchev–Trinajstić information content (AvgIpc) is 1.85. The minimum Gasteiger partial charge on any atom is -0.481 e. The fraction of sp³-hybridized carbons (Fsp3) is 0.857. The van der Waals surface area contributed by atoms with Crippen molar-refractivity contribution < 1.29 is 9.90 Å². The molecule has 0 aliphatic rings. The molecule has 0 saturated carbocycles. The van der Waals surface area contributed by atoms with E-state index in [1.165, 1.54) is 12.8 Å². The molecule has 0 aliphatic heterocycles. The van der Waals surface area contributed by atoms with Crippen molar-refractivity contribution >= 4 is 18.6 Å². The van der Waals surface area contributed by atoms with Crippen LogP contribution in [0.2, 0.25) is 0 Å². The van der Waals surface area contributed by atoms with Crippen LogP contribution in [0.1, 0.15) is 33.1 Å². The third-order valence-electron chi connectivity index (χ3n) is 0.884. The van der Waals surface area contributed by atoms with E-state index in [0.717, 1.165) is 0 Å². The molecule has 0 saturated heterocycles. The third kappa shape index (κ3) is 25.9. The molecule has 0 heterocycles. The van der Waals surface area contributed by atoms with Gasteiger partial charge in [-0.1, -0.05) is 26.7 Å². The molecule has 0 spiro atoms. The van der Waals surface area contributed by atoms with Crippen LogP contribution in [0.25, 0.3) is 0 Å². The predicted octanol–water partition coefficient (Wildman–Crippen LogP) is 1.48. The van der Waals surface area contributed by atoms with E-state index in [2.05, 4.69) is 26.5 Å². The Bertz CT molecular complexity index is 94.4. The summed E-state index contributed by atoms with van der Waals surface area (Å²) >= 11 is 3.63. The first-order chi connectivity index (χ1) is 5.04. The van der Waals surface area contributed by atoms with E-state index >= 15 is 0 Å². The van der Waals surface area contributed by atoms with E-state index in [9.17, 15) is 4.79 Å². The molecule has 11 heavy (non-hydrogen) atoms. The van der Waals surface area contributed by atoms with Gasteiger partial charge in [0.15, 0.2) is 0 Å². The number of hydrogen-bond donors (Lipinski definition) is 3. The Morgan fingerprint density at radius 2 is 1.91 bits per heavy atom. The number of unbranched alkanes of at least 4 members (excludes halogenated alkanes) is 1. The van der Waals surface area contributed by atoms with Gasteiger partial charge in [-0.15, -0.1) is 0 Å². The largest absolute Gasteiger partial charge is 0.481 e. The van der Waals surface area contributed by atoms with Crippen LogP contribution < -0.4 is 5.73 Å². The molecule has 0 fully saturated rings. The molecule has 0 aromatic carbocycles. The van der Waals surface area contributed by atoms with Crippen molar-refractivity contribution in [1.82, 2.24) is 0 Å². The summed E-state index contributed by atoms with van der Waals surface area (Å²) in [5.74, 6) is -0.914. The molecule has 0 amide bonds. The minimum atomic E-state index is -0.914. The lowest BCUT2D eigenvalue weighted by molar-refractivity contribution is -0.136. The van der Waals surface area contributed by atoms with Crippen LogP contribution in [0, 0.1) is 0 Å². The minimum absolute atomic E-state index is 0.0802. The van der Waals surface area contributed by atoms with Crippen LogP contribution in [-0.4, -0.2) is 16.4 Å². The summed E-state index contributed by atoms with van der Waals surface area (Å²) in [7, 11) is 0. The van der Waals surface area contributed by atoms with Gasteiger partial charge in [-0.3, -0.25) is 4.79 Å². The molecule has 0 radical (unpaired) electrons. The maximum atomic E-state index is 9.68. The summed E-state index contributed by atoms with van der Waals surface area (Å²) in [4.78, 5) is 9.68. The third-order valence-corrected chi connectivity index (χ3v) is 1.07. The molecule has 0 rings (SSSR count). The lowest BCUT2D eigenvalue weighted by Crippen LogP contribution is -2.16. The van der Waals surface area contributed by atoms with Crippen molar-refractivity contribution in [2.24, 2.45) is 5.73 Å². The van der Waals surface area contributed by atoms with Crippen LogP contribution in [-0.2, 0) is 4.79 Å². The van der Waals surface area contributed by atoms with Crippen LogP contribution in [0.3, 0.4) is 0 Å². The molecular formula is C7H17NO2S. The number of hydrogen-bond acceptors (Lipinski definition) is 3. The second-order valence-corrected chi connectivity index (χ2v) is 2.83. The van der Waals surface area contributed by atoms with E-state index in [0.29, 0.717) is 0 Å². The van der Waals surface area contributed by atoms with Crippen molar-refractivity contribution in [1.29, 1.82) is 0 Å². The molecule has 0 aromatic heterocycles. The Morgan fingerprint density at radius 3 is 1.91 bits per heavy atom. The molecule has 1 unspecified atom stereocenters. The smallest absolute Gasteiger partial charge is 0.305 e. The molecule has 3 nitrogen and oxygen atoms in total. The monoisotopic (exact) mass is 179 g/mol. The predicted molar refractivity (Wildman–Crippen MR) is 49.8 cm³/mol. The van der Waals surface area contributed by atoms with E-state index in [-0.39, 0.29) is 6.42 Å². The normalized spacial score (nSPS) is 11.3. The second kappa shape index (κ2) is 9.78. The molecular weight excluding hydrogens is 162 g/mol. The first kappa shape index (κ1) is 13.4. The molecule has 0 aliphatic carbocycles. The van der Waals surface area contributed by atoms with E-state index in [1.807, 2.05) is 0 Å². The van der Waals surface area contributed by atoms with Crippen LogP contribution in [0.5, 0.6) is 0 Å². The summed E-state index contributed by atoms with van der Waals surface area (Å²) in [6, 6.07) is 0. The van der Waals surface area contributed by atoms with Gasteiger partial charge in [0, 0.05) is 0 Å². The zero-order chi connectivity index (χ0) is 9.28. The van der Waals surface area contributed by atoms with Crippen LogP contribution in [0.15, 0.2) is 0 Å². The fourth-order valence-electron chi connectivity index (χ4n) is 0.179. The van der Waals surface area contributed by atoms with E-state index in [1.54, 1.807) is 0 Å². The average molecular weight is 179 g/mol. The summed E-state index contributed by atoms with van der Waals surface area (Å²) in [5.41, 5.74) is 4.98. The first-order valence-electron chi connectivity index (χ1n) is 3.70. The van der Waals surface area contributed by atoms with Crippen LogP contribution >= 0.6 is 12.6 Å². The van der Waals surface area contributed by atoms with Crippen LogP contribution in [0.4, 0.5) is 0 Å². The zero-order valence-electron chi connectivity index (χ0n) is 7.08. The first-order valence-corrected chi connectivity index (χ1v) is 4.21. The summed E-state index contributed by atoms with van der Waals surface area (Å²) in [5, 5.41) is 7.42. The number of carboxylic acids is 1. The number of nitrogens with two attached hydrogens (primary N) is 1. The Morgan fingerprint density at radius 1 is 1.55 bits per heavy atom. The van der Waals surface area contributed by atoms with Gasteiger partial charge in [0.25, 0.3) is 0 Å². The molecule has 0 aromatic rings. The van der Waals surface area contributed by atoms with Crippen molar-refractivity contribution in [3.8, 4) is 0 Å². The van der Waals surface area contributed by atoms with E-state index < -0.39 is 11.3 Å². The topological polar surface area (TPSA) is 63.3 Å².